The zero-order valence-electron chi connectivity index (χ0n) is 18.7. The molecular weight excluding hydrogens is 390 g/mol. The Morgan fingerprint density at radius 3 is 2.61 bits per heavy atom. The number of carbonyl (C=O) groups excluding carboxylic acids is 1. The van der Waals surface area contributed by atoms with Crippen molar-refractivity contribution in [1.82, 2.24) is 4.90 Å². The fraction of sp³-hybridized carbons (Fsp3) is 0.385. The molecule has 0 saturated heterocycles. The molecule has 0 bridgehead atoms. The van der Waals surface area contributed by atoms with Crippen LogP contribution in [0, 0.1) is 13.8 Å². The van der Waals surface area contributed by atoms with Crippen molar-refractivity contribution in [2.75, 3.05) is 13.2 Å². The van der Waals surface area contributed by atoms with Gasteiger partial charge in [0, 0.05) is 6.54 Å². The number of hydrogen-bond acceptors (Lipinski definition) is 4. The first-order valence-corrected chi connectivity index (χ1v) is 11.1. The van der Waals surface area contributed by atoms with Gasteiger partial charge in [-0.1, -0.05) is 38.0 Å². The summed E-state index contributed by atoms with van der Waals surface area (Å²) in [5.41, 5.74) is 3.54. The predicted molar refractivity (Wildman–Crippen MR) is 122 cm³/mol. The maximum absolute atomic E-state index is 13.7. The summed E-state index contributed by atoms with van der Waals surface area (Å²) < 4.78 is 11.8. The number of ether oxygens (including phenoxy) is 1. The molecule has 31 heavy (non-hydrogen) atoms. The summed E-state index contributed by atoms with van der Waals surface area (Å²) in [7, 11) is 0. The number of amides is 1. The van der Waals surface area contributed by atoms with E-state index >= 15 is 0 Å². The molecule has 0 radical (unpaired) electrons. The highest BCUT2D eigenvalue weighted by Crippen LogP contribution is 2.39. The molecule has 0 N–H and O–H groups in total. The number of nitrogens with zero attached hydrogens (tertiary/aromatic N) is 1. The van der Waals surface area contributed by atoms with Crippen LogP contribution in [0.3, 0.4) is 0 Å². The van der Waals surface area contributed by atoms with E-state index in [4.69, 9.17) is 9.15 Å². The molecule has 3 aromatic rings. The standard InChI is InChI=1S/C26H29NO4/c1-5-7-8-12-27-22(18-10-9-11-19(15-18)30-6-2)21-23(28)20-14-16(3)13-17(4)24(20)31-25(21)26(27)29/h9-11,13-15,22H,5-8,12H2,1-4H3. The summed E-state index contributed by atoms with van der Waals surface area (Å²) in [5, 5.41) is 0.533. The second-order valence-corrected chi connectivity index (χ2v) is 8.25. The molecule has 2 heterocycles. The first-order valence-electron chi connectivity index (χ1n) is 11.1. The third kappa shape index (κ3) is 3.73. The average molecular weight is 420 g/mol. The monoisotopic (exact) mass is 419 g/mol. The van der Waals surface area contributed by atoms with Crippen molar-refractivity contribution in [3.63, 3.8) is 0 Å². The Labute approximate surface area is 182 Å². The number of unbranched alkanes of at least 4 members (excludes halogenated alkanes) is 2. The van der Waals surface area contributed by atoms with Crippen LogP contribution >= 0.6 is 0 Å². The summed E-state index contributed by atoms with van der Waals surface area (Å²) in [5.74, 6) is 0.691. The van der Waals surface area contributed by atoms with Crippen molar-refractivity contribution in [2.24, 2.45) is 0 Å². The average Bonchev–Trinajstić information content (AvgIpc) is 3.02. The first-order chi connectivity index (χ1) is 15.0. The Morgan fingerprint density at radius 2 is 1.87 bits per heavy atom. The minimum atomic E-state index is -0.471. The van der Waals surface area contributed by atoms with Gasteiger partial charge in [0.25, 0.3) is 5.91 Å². The summed E-state index contributed by atoms with van der Waals surface area (Å²) in [6, 6.07) is 11.0. The van der Waals surface area contributed by atoms with Crippen LogP contribution in [0.1, 0.15) is 72.0 Å². The molecule has 0 saturated carbocycles. The van der Waals surface area contributed by atoms with Crippen molar-refractivity contribution >= 4 is 16.9 Å². The molecule has 1 aliphatic rings. The molecule has 1 aliphatic heterocycles. The van der Waals surface area contributed by atoms with Crippen molar-refractivity contribution in [1.29, 1.82) is 0 Å². The van der Waals surface area contributed by atoms with E-state index in [1.54, 1.807) is 4.90 Å². The second-order valence-electron chi connectivity index (χ2n) is 8.25. The largest absolute Gasteiger partial charge is 0.494 e. The highest BCUT2D eigenvalue weighted by atomic mass is 16.5. The highest BCUT2D eigenvalue weighted by molar-refractivity contribution is 5.99. The van der Waals surface area contributed by atoms with Gasteiger partial charge in [-0.25, -0.2) is 0 Å². The van der Waals surface area contributed by atoms with E-state index in [9.17, 15) is 9.59 Å². The summed E-state index contributed by atoms with van der Waals surface area (Å²) in [6.07, 6.45) is 2.95. The Balaban J connectivity index is 1.93. The van der Waals surface area contributed by atoms with Crippen LogP contribution in [0.4, 0.5) is 0 Å². The number of benzene rings is 2. The van der Waals surface area contributed by atoms with Crippen molar-refractivity contribution in [2.45, 2.75) is 53.0 Å². The summed E-state index contributed by atoms with van der Waals surface area (Å²) >= 11 is 0. The quantitative estimate of drug-likeness (QED) is 0.472. The van der Waals surface area contributed by atoms with Gasteiger partial charge >= 0.3 is 0 Å². The van der Waals surface area contributed by atoms with Gasteiger partial charge in [-0.05, 0) is 62.1 Å². The SMILES string of the molecule is CCCCCN1C(=O)c2oc3c(C)cc(C)cc3c(=O)c2C1c1cccc(OCC)c1. The van der Waals surface area contributed by atoms with Gasteiger partial charge in [-0.2, -0.15) is 0 Å². The van der Waals surface area contributed by atoms with Gasteiger partial charge in [-0.3, -0.25) is 9.59 Å². The van der Waals surface area contributed by atoms with Gasteiger partial charge in [0.1, 0.15) is 11.3 Å². The minimum Gasteiger partial charge on any atom is -0.494 e. The lowest BCUT2D eigenvalue weighted by atomic mass is 9.97. The molecule has 0 fully saturated rings. The zero-order chi connectivity index (χ0) is 22.1. The van der Waals surface area contributed by atoms with E-state index in [2.05, 4.69) is 6.92 Å². The van der Waals surface area contributed by atoms with Crippen LogP contribution in [0.5, 0.6) is 5.75 Å². The van der Waals surface area contributed by atoms with Crippen LogP contribution in [0.2, 0.25) is 0 Å². The molecule has 2 aromatic carbocycles. The van der Waals surface area contributed by atoms with Crippen LogP contribution in [0.15, 0.2) is 45.6 Å². The third-order valence-corrected chi connectivity index (χ3v) is 5.88. The van der Waals surface area contributed by atoms with E-state index < -0.39 is 6.04 Å². The van der Waals surface area contributed by atoms with Crippen LogP contribution in [-0.4, -0.2) is 24.0 Å². The molecule has 5 heteroatoms. The van der Waals surface area contributed by atoms with Crippen molar-refractivity contribution < 1.29 is 13.9 Å². The number of hydrogen-bond donors (Lipinski definition) is 0. The van der Waals surface area contributed by atoms with Gasteiger partial charge in [0.05, 0.1) is 23.6 Å². The minimum absolute atomic E-state index is 0.124. The topological polar surface area (TPSA) is 59.8 Å². The zero-order valence-corrected chi connectivity index (χ0v) is 18.7. The Bertz CT molecular complexity index is 1190. The third-order valence-electron chi connectivity index (χ3n) is 5.88. The lowest BCUT2D eigenvalue weighted by Gasteiger charge is -2.25. The first kappa shape index (κ1) is 21.2. The maximum Gasteiger partial charge on any atom is 0.290 e. The highest BCUT2D eigenvalue weighted by Gasteiger charge is 2.42. The molecule has 1 aromatic heterocycles. The predicted octanol–water partition coefficient (Wildman–Crippen LogP) is 5.54. The Hall–Kier alpha value is -3.08. The Morgan fingerprint density at radius 1 is 1.06 bits per heavy atom. The molecule has 4 rings (SSSR count). The van der Waals surface area contributed by atoms with E-state index in [0.717, 1.165) is 41.7 Å². The van der Waals surface area contributed by atoms with Gasteiger partial charge in [0.2, 0.25) is 5.76 Å². The van der Waals surface area contributed by atoms with Gasteiger partial charge in [-0.15, -0.1) is 0 Å². The smallest absolute Gasteiger partial charge is 0.290 e. The fourth-order valence-electron chi connectivity index (χ4n) is 4.52. The van der Waals surface area contributed by atoms with E-state index in [-0.39, 0.29) is 17.1 Å². The van der Waals surface area contributed by atoms with Crippen molar-refractivity contribution in [3.8, 4) is 5.75 Å². The van der Waals surface area contributed by atoms with E-state index in [1.807, 2.05) is 57.2 Å². The van der Waals surface area contributed by atoms with E-state index in [0.29, 0.717) is 29.7 Å². The van der Waals surface area contributed by atoms with E-state index in [1.165, 1.54) is 0 Å². The number of carbonyl (C=O) groups is 1. The number of rotatable bonds is 7. The maximum atomic E-state index is 13.7. The normalized spacial score (nSPS) is 15.5. The lowest BCUT2D eigenvalue weighted by molar-refractivity contribution is 0.0724. The number of fused-ring (bicyclic) bond motifs is 2. The van der Waals surface area contributed by atoms with Crippen LogP contribution < -0.4 is 10.2 Å². The second kappa shape index (κ2) is 8.58. The number of aryl methyl sites for hydroxylation is 2. The molecule has 1 atom stereocenters. The molecule has 162 valence electrons. The van der Waals surface area contributed by atoms with Gasteiger partial charge < -0.3 is 14.1 Å². The molecule has 1 amide bonds. The molecule has 5 nitrogen and oxygen atoms in total. The molecular formula is C26H29NO4. The van der Waals surface area contributed by atoms with Gasteiger partial charge in [0.15, 0.2) is 5.43 Å². The summed E-state index contributed by atoms with van der Waals surface area (Å²) in [4.78, 5) is 28.9. The Kier molecular flexibility index (Phi) is 5.86. The lowest BCUT2D eigenvalue weighted by Crippen LogP contribution is -2.30. The molecule has 0 aliphatic carbocycles. The fourth-order valence-corrected chi connectivity index (χ4v) is 4.52. The molecule has 0 spiro atoms. The van der Waals surface area contributed by atoms with Crippen LogP contribution in [0.25, 0.3) is 11.0 Å². The molecule has 1 unspecified atom stereocenters. The summed E-state index contributed by atoms with van der Waals surface area (Å²) in [6.45, 7) is 9.07. The van der Waals surface area contributed by atoms with Crippen LogP contribution in [-0.2, 0) is 0 Å². The van der Waals surface area contributed by atoms with Crippen molar-refractivity contribution in [3.05, 3.63) is 74.6 Å².